The van der Waals surface area contributed by atoms with E-state index in [4.69, 9.17) is 8.92 Å². The molecule has 7 nitrogen and oxygen atoms in total. The number of rotatable bonds is 8. The third-order valence-corrected chi connectivity index (χ3v) is 6.37. The monoisotopic (exact) mass is 495 g/mol. The molecule has 0 aliphatic carbocycles. The average Bonchev–Trinajstić information content (AvgIpc) is 2.74. The Morgan fingerprint density at radius 1 is 0.829 bits per heavy atom. The standard InChI is InChI=1S/C27H29NO6S/c1-18-6-12-24(13-7-18)35(31,32)34-26(30)27(4,5)33-23-10-8-21(9-11-23)17-25(29)28-22-15-19(2)14-20(3)16-22/h6-16H,17H2,1-5H3,(H,28,29). The van der Waals surface area contributed by atoms with Crippen LogP contribution in [0.1, 0.15) is 36.1 Å². The number of benzene rings is 3. The van der Waals surface area contributed by atoms with E-state index in [1.54, 1.807) is 36.4 Å². The lowest BCUT2D eigenvalue weighted by Gasteiger charge is -2.24. The molecule has 3 aromatic carbocycles. The fraction of sp³-hybridized carbons (Fsp3) is 0.259. The molecule has 0 bridgehead atoms. The van der Waals surface area contributed by atoms with Crippen molar-refractivity contribution in [1.29, 1.82) is 0 Å². The lowest BCUT2D eigenvalue weighted by molar-refractivity contribution is -0.148. The van der Waals surface area contributed by atoms with E-state index in [9.17, 15) is 18.0 Å². The summed E-state index contributed by atoms with van der Waals surface area (Å²) in [5.41, 5.74) is 2.93. The third kappa shape index (κ3) is 7.16. The summed E-state index contributed by atoms with van der Waals surface area (Å²) in [6.45, 7) is 8.60. The van der Waals surface area contributed by atoms with Gasteiger partial charge in [-0.15, -0.1) is 0 Å². The van der Waals surface area contributed by atoms with Gasteiger partial charge >= 0.3 is 16.1 Å². The van der Waals surface area contributed by atoms with Crippen LogP contribution < -0.4 is 10.1 Å². The Morgan fingerprint density at radius 3 is 1.97 bits per heavy atom. The van der Waals surface area contributed by atoms with Crippen LogP contribution in [0.25, 0.3) is 0 Å². The van der Waals surface area contributed by atoms with Crippen LogP contribution in [-0.2, 0) is 30.3 Å². The predicted octanol–water partition coefficient (Wildman–Crippen LogP) is 4.88. The van der Waals surface area contributed by atoms with Gasteiger partial charge in [0.15, 0.2) is 0 Å². The van der Waals surface area contributed by atoms with Gasteiger partial charge in [-0.3, -0.25) is 4.79 Å². The van der Waals surface area contributed by atoms with E-state index in [-0.39, 0.29) is 17.2 Å². The van der Waals surface area contributed by atoms with Crippen molar-refractivity contribution in [2.24, 2.45) is 0 Å². The van der Waals surface area contributed by atoms with E-state index < -0.39 is 21.7 Å². The molecule has 0 spiro atoms. The van der Waals surface area contributed by atoms with Crippen LogP contribution in [0.2, 0.25) is 0 Å². The molecule has 0 heterocycles. The van der Waals surface area contributed by atoms with Crippen molar-refractivity contribution in [2.45, 2.75) is 51.5 Å². The van der Waals surface area contributed by atoms with Gasteiger partial charge in [0.25, 0.3) is 0 Å². The SMILES string of the molecule is Cc1ccc(S(=O)(=O)OC(=O)C(C)(C)Oc2ccc(CC(=O)Nc3cc(C)cc(C)c3)cc2)cc1. The van der Waals surface area contributed by atoms with Gasteiger partial charge in [-0.1, -0.05) is 35.9 Å². The van der Waals surface area contributed by atoms with Gasteiger partial charge in [-0.25, -0.2) is 4.79 Å². The van der Waals surface area contributed by atoms with Crippen LogP contribution in [0.5, 0.6) is 5.75 Å². The molecule has 0 atom stereocenters. The second-order valence-corrected chi connectivity index (χ2v) is 10.5. The average molecular weight is 496 g/mol. The van der Waals surface area contributed by atoms with E-state index >= 15 is 0 Å². The zero-order valence-electron chi connectivity index (χ0n) is 20.4. The van der Waals surface area contributed by atoms with Crippen molar-refractivity contribution in [3.05, 3.63) is 89.0 Å². The van der Waals surface area contributed by atoms with Crippen molar-refractivity contribution in [2.75, 3.05) is 5.32 Å². The van der Waals surface area contributed by atoms with Crippen LogP contribution in [0.4, 0.5) is 5.69 Å². The van der Waals surface area contributed by atoms with Gasteiger partial charge in [-0.2, -0.15) is 8.42 Å². The highest BCUT2D eigenvalue weighted by Gasteiger charge is 2.36. The molecular weight excluding hydrogens is 466 g/mol. The minimum Gasteiger partial charge on any atom is -0.476 e. The molecule has 0 aromatic heterocycles. The fourth-order valence-corrected chi connectivity index (χ4v) is 4.37. The molecule has 35 heavy (non-hydrogen) atoms. The molecule has 0 fully saturated rings. The van der Waals surface area contributed by atoms with Gasteiger partial charge in [0, 0.05) is 5.69 Å². The Balaban J connectivity index is 1.60. The maximum atomic E-state index is 12.6. The van der Waals surface area contributed by atoms with Crippen molar-refractivity contribution >= 4 is 27.7 Å². The van der Waals surface area contributed by atoms with Crippen LogP contribution in [0, 0.1) is 20.8 Å². The highest BCUT2D eigenvalue weighted by molar-refractivity contribution is 7.87. The summed E-state index contributed by atoms with van der Waals surface area (Å²) in [7, 11) is -4.28. The zero-order chi connectivity index (χ0) is 25.8. The Labute approximate surface area is 206 Å². The number of hydrogen-bond acceptors (Lipinski definition) is 6. The Hall–Kier alpha value is -3.65. The van der Waals surface area contributed by atoms with Gasteiger partial charge in [0.05, 0.1) is 6.42 Å². The largest absolute Gasteiger partial charge is 0.476 e. The van der Waals surface area contributed by atoms with Gasteiger partial charge in [-0.05, 0) is 87.7 Å². The van der Waals surface area contributed by atoms with Gasteiger partial charge in [0.2, 0.25) is 11.5 Å². The summed E-state index contributed by atoms with van der Waals surface area (Å²) in [4.78, 5) is 24.9. The van der Waals surface area contributed by atoms with Gasteiger partial charge < -0.3 is 14.2 Å². The number of carbonyl (C=O) groups is 2. The predicted molar refractivity (Wildman–Crippen MR) is 134 cm³/mol. The molecule has 0 saturated carbocycles. The van der Waals surface area contributed by atoms with E-state index in [0.29, 0.717) is 5.75 Å². The molecule has 3 rings (SSSR count). The normalized spacial score (nSPS) is 11.6. The lowest BCUT2D eigenvalue weighted by Crippen LogP contribution is -2.40. The number of aryl methyl sites for hydroxylation is 3. The van der Waals surface area contributed by atoms with Crippen molar-refractivity contribution in [3.8, 4) is 5.75 Å². The summed E-state index contributed by atoms with van der Waals surface area (Å²) in [6, 6.07) is 18.5. The molecule has 1 amide bonds. The molecule has 3 aromatic rings. The van der Waals surface area contributed by atoms with Crippen LogP contribution in [0.15, 0.2) is 71.6 Å². The Kier molecular flexibility index (Phi) is 7.65. The van der Waals surface area contributed by atoms with E-state index in [0.717, 1.165) is 27.9 Å². The topological polar surface area (TPSA) is 98.8 Å². The van der Waals surface area contributed by atoms with Crippen molar-refractivity contribution in [3.63, 3.8) is 0 Å². The number of anilines is 1. The summed E-state index contributed by atoms with van der Waals surface area (Å²) < 4.78 is 35.4. The lowest BCUT2D eigenvalue weighted by atomic mass is 10.1. The van der Waals surface area contributed by atoms with E-state index in [1.807, 2.05) is 39.0 Å². The van der Waals surface area contributed by atoms with Crippen molar-refractivity contribution in [1.82, 2.24) is 0 Å². The van der Waals surface area contributed by atoms with Gasteiger partial charge in [0.1, 0.15) is 10.6 Å². The zero-order valence-corrected chi connectivity index (χ0v) is 21.2. The smallest absolute Gasteiger partial charge is 0.365 e. The minimum atomic E-state index is -4.28. The fourth-order valence-electron chi connectivity index (χ4n) is 3.40. The minimum absolute atomic E-state index is 0.115. The maximum Gasteiger partial charge on any atom is 0.365 e. The first kappa shape index (κ1) is 26.0. The Bertz CT molecular complexity index is 1310. The molecule has 0 saturated heterocycles. The summed E-state index contributed by atoms with van der Waals surface area (Å²) in [5.74, 6) is -0.873. The van der Waals surface area contributed by atoms with Crippen LogP contribution in [0.3, 0.4) is 0 Å². The molecular formula is C27H29NO6S. The first-order chi connectivity index (χ1) is 16.3. The molecule has 0 unspecified atom stereocenters. The quantitative estimate of drug-likeness (QED) is 0.447. The molecule has 184 valence electrons. The van der Waals surface area contributed by atoms with Crippen LogP contribution >= 0.6 is 0 Å². The first-order valence-corrected chi connectivity index (χ1v) is 12.5. The van der Waals surface area contributed by atoms with E-state index in [1.165, 1.54) is 26.0 Å². The summed E-state index contributed by atoms with van der Waals surface area (Å²) >= 11 is 0. The summed E-state index contributed by atoms with van der Waals surface area (Å²) in [6.07, 6.45) is 0.160. The van der Waals surface area contributed by atoms with Crippen LogP contribution in [-0.4, -0.2) is 25.9 Å². The van der Waals surface area contributed by atoms with E-state index in [2.05, 4.69) is 5.32 Å². The molecule has 1 N–H and O–H groups in total. The molecule has 8 heteroatoms. The molecule has 0 aliphatic heterocycles. The highest BCUT2D eigenvalue weighted by atomic mass is 32.2. The molecule has 0 aliphatic rings. The number of amides is 1. The number of hydrogen-bond donors (Lipinski definition) is 1. The number of ether oxygens (including phenoxy) is 1. The second-order valence-electron chi connectivity index (χ2n) is 9.00. The number of nitrogens with one attached hydrogen (secondary N) is 1. The molecule has 0 radical (unpaired) electrons. The Morgan fingerprint density at radius 2 is 1.40 bits per heavy atom. The van der Waals surface area contributed by atoms with Crippen molar-refractivity contribution < 1.29 is 26.9 Å². The second kappa shape index (κ2) is 10.3. The first-order valence-electron chi connectivity index (χ1n) is 11.1. The highest BCUT2D eigenvalue weighted by Crippen LogP contribution is 2.23. The summed E-state index contributed by atoms with van der Waals surface area (Å²) in [5, 5.41) is 2.89. The third-order valence-electron chi connectivity index (χ3n) is 5.15. The maximum absolute atomic E-state index is 12.6. The number of carbonyl (C=O) groups excluding carboxylic acids is 2.